The van der Waals surface area contributed by atoms with E-state index in [4.69, 9.17) is 5.84 Å². The zero-order valence-electron chi connectivity index (χ0n) is 11.0. The van der Waals surface area contributed by atoms with Crippen molar-refractivity contribution in [3.63, 3.8) is 0 Å². The molecule has 2 atom stereocenters. The van der Waals surface area contributed by atoms with E-state index in [1.807, 2.05) is 0 Å². The van der Waals surface area contributed by atoms with Crippen LogP contribution in [0.15, 0.2) is 18.2 Å². The third-order valence-corrected chi connectivity index (χ3v) is 4.34. The van der Waals surface area contributed by atoms with Gasteiger partial charge in [-0.25, -0.2) is 0 Å². The molecule has 0 amide bonds. The summed E-state index contributed by atoms with van der Waals surface area (Å²) in [4.78, 5) is 13.1. The first-order chi connectivity index (χ1) is 9.61. The Kier molecular flexibility index (Phi) is 3.23. The Bertz CT molecular complexity index is 522. The molecule has 4 N–H and O–H groups in total. The van der Waals surface area contributed by atoms with Crippen LogP contribution >= 0.6 is 0 Å². The summed E-state index contributed by atoms with van der Waals surface area (Å²) in [6.45, 7) is 0. The van der Waals surface area contributed by atoms with E-state index in [2.05, 4.69) is 10.3 Å². The molecule has 2 saturated heterocycles. The minimum Gasteiger partial charge on any atom is -0.393 e. The molecule has 2 fully saturated rings. The molecule has 0 aromatic heterocycles. The predicted octanol–water partition coefficient (Wildman–Crippen LogP) is 1.37. The number of hydrogen-bond donors (Lipinski definition) is 3. The lowest BCUT2D eigenvalue weighted by Gasteiger charge is -2.38. The van der Waals surface area contributed by atoms with Crippen LogP contribution in [-0.4, -0.2) is 28.2 Å². The second-order valence-electron chi connectivity index (χ2n) is 5.49. The largest absolute Gasteiger partial charge is 0.393 e. The lowest BCUT2D eigenvalue weighted by Crippen LogP contribution is -2.45. The topological polar surface area (TPSA) is 105 Å². The van der Waals surface area contributed by atoms with E-state index < -0.39 is 4.92 Å². The zero-order chi connectivity index (χ0) is 14.3. The van der Waals surface area contributed by atoms with Crippen molar-refractivity contribution in [3.8, 4) is 0 Å². The van der Waals surface area contributed by atoms with Crippen LogP contribution in [-0.2, 0) is 0 Å². The van der Waals surface area contributed by atoms with Gasteiger partial charge in [0.1, 0.15) is 11.4 Å². The van der Waals surface area contributed by atoms with Gasteiger partial charge in [0.25, 0.3) is 0 Å². The first-order valence-electron chi connectivity index (χ1n) is 6.82. The lowest BCUT2D eigenvalue weighted by atomic mass is 9.98. The van der Waals surface area contributed by atoms with Gasteiger partial charge in [-0.2, -0.15) is 0 Å². The molecule has 0 aliphatic carbocycles. The van der Waals surface area contributed by atoms with E-state index in [1.54, 1.807) is 18.2 Å². The number of benzene rings is 1. The summed E-state index contributed by atoms with van der Waals surface area (Å²) in [5.41, 5.74) is 3.33. The van der Waals surface area contributed by atoms with Crippen molar-refractivity contribution >= 4 is 17.1 Å². The number of nitrogens with two attached hydrogens (primary N) is 1. The summed E-state index contributed by atoms with van der Waals surface area (Å²) >= 11 is 0. The molecule has 0 radical (unpaired) electrons. The average molecular weight is 278 g/mol. The van der Waals surface area contributed by atoms with Gasteiger partial charge in [-0.1, -0.05) is 6.07 Å². The number of aliphatic hydroxyl groups is 1. The molecular weight excluding hydrogens is 260 g/mol. The molecule has 2 bridgehead atoms. The Morgan fingerprint density at radius 2 is 2.00 bits per heavy atom. The fourth-order valence-electron chi connectivity index (χ4n) is 3.59. The van der Waals surface area contributed by atoms with Crippen molar-refractivity contribution in [2.75, 3.05) is 10.3 Å². The van der Waals surface area contributed by atoms with Crippen molar-refractivity contribution in [2.24, 2.45) is 5.84 Å². The van der Waals surface area contributed by atoms with Crippen molar-refractivity contribution in [1.29, 1.82) is 0 Å². The van der Waals surface area contributed by atoms with Gasteiger partial charge >= 0.3 is 5.69 Å². The summed E-state index contributed by atoms with van der Waals surface area (Å²) in [6.07, 6.45) is 3.00. The van der Waals surface area contributed by atoms with Gasteiger partial charge in [0.15, 0.2) is 0 Å². The van der Waals surface area contributed by atoms with Gasteiger partial charge in [-0.15, -0.1) is 0 Å². The molecular formula is C13H18N4O3. The standard InChI is InChI=1S/C13H18N4O3/c14-15-11-2-1-3-12(13(11)17(19)20)16-8-4-5-9(16)7-10(18)6-8/h1-3,8-10,15,18H,4-7,14H2. The maximum atomic E-state index is 11.4. The molecule has 7 heteroatoms. The van der Waals surface area contributed by atoms with Gasteiger partial charge in [0, 0.05) is 12.1 Å². The SMILES string of the molecule is NNc1cccc(N2C3CCC2CC(O)C3)c1[N+](=O)[O-]. The summed E-state index contributed by atoms with van der Waals surface area (Å²) in [5, 5.41) is 21.2. The fourth-order valence-corrected chi connectivity index (χ4v) is 3.59. The number of nitrogens with one attached hydrogen (secondary N) is 1. The van der Waals surface area contributed by atoms with Crippen LogP contribution in [0.5, 0.6) is 0 Å². The van der Waals surface area contributed by atoms with Gasteiger partial charge < -0.3 is 15.4 Å². The number of nitrogen functional groups attached to an aromatic ring is 1. The van der Waals surface area contributed by atoms with E-state index in [9.17, 15) is 15.2 Å². The molecule has 1 aromatic carbocycles. The Hall–Kier alpha value is -1.86. The number of rotatable bonds is 3. The Labute approximate surface area is 116 Å². The average Bonchev–Trinajstić information content (AvgIpc) is 2.69. The monoisotopic (exact) mass is 278 g/mol. The maximum absolute atomic E-state index is 11.4. The number of nitrogens with zero attached hydrogens (tertiary/aromatic N) is 2. The third-order valence-electron chi connectivity index (χ3n) is 4.34. The molecule has 2 aliphatic heterocycles. The van der Waals surface area contributed by atoms with E-state index in [-0.39, 0.29) is 23.9 Å². The molecule has 0 saturated carbocycles. The van der Waals surface area contributed by atoms with E-state index in [0.717, 1.165) is 12.8 Å². The van der Waals surface area contributed by atoms with Crippen LogP contribution in [0, 0.1) is 10.1 Å². The lowest BCUT2D eigenvalue weighted by molar-refractivity contribution is -0.383. The van der Waals surface area contributed by atoms with Gasteiger partial charge in [0.05, 0.1) is 11.0 Å². The molecule has 2 unspecified atom stereocenters. The maximum Gasteiger partial charge on any atom is 0.316 e. The molecule has 1 aromatic rings. The molecule has 3 rings (SSSR count). The minimum atomic E-state index is -0.394. The number of hydrazine groups is 1. The molecule has 2 aliphatic rings. The van der Waals surface area contributed by atoms with Crippen molar-refractivity contribution in [1.82, 2.24) is 0 Å². The normalized spacial score (nSPS) is 28.5. The highest BCUT2D eigenvalue weighted by Gasteiger charge is 2.42. The molecule has 20 heavy (non-hydrogen) atoms. The molecule has 108 valence electrons. The summed E-state index contributed by atoms with van der Waals surface area (Å²) in [5.74, 6) is 5.38. The fraction of sp³-hybridized carbons (Fsp3) is 0.538. The summed E-state index contributed by atoms with van der Waals surface area (Å²) in [7, 11) is 0. The highest BCUT2D eigenvalue weighted by atomic mass is 16.6. The van der Waals surface area contributed by atoms with Crippen molar-refractivity contribution in [2.45, 2.75) is 43.9 Å². The van der Waals surface area contributed by atoms with Crippen LogP contribution in [0.2, 0.25) is 0 Å². The number of aliphatic hydroxyl groups excluding tert-OH is 1. The first kappa shape index (κ1) is 13.1. The Balaban J connectivity index is 2.05. The first-order valence-corrected chi connectivity index (χ1v) is 6.82. The number of hydrogen-bond acceptors (Lipinski definition) is 6. The Morgan fingerprint density at radius 3 is 2.55 bits per heavy atom. The Morgan fingerprint density at radius 1 is 1.35 bits per heavy atom. The number of nitro benzene ring substituents is 1. The van der Waals surface area contributed by atoms with Crippen LogP contribution in [0.1, 0.15) is 25.7 Å². The number of fused-ring (bicyclic) bond motifs is 2. The van der Waals surface area contributed by atoms with Crippen LogP contribution < -0.4 is 16.2 Å². The van der Waals surface area contributed by atoms with Crippen LogP contribution in [0.3, 0.4) is 0 Å². The number of para-hydroxylation sites is 1. The summed E-state index contributed by atoms with van der Waals surface area (Å²) in [6, 6.07) is 5.48. The minimum absolute atomic E-state index is 0.0169. The smallest absolute Gasteiger partial charge is 0.316 e. The molecule has 0 spiro atoms. The predicted molar refractivity (Wildman–Crippen MR) is 75.4 cm³/mol. The highest BCUT2D eigenvalue weighted by Crippen LogP contribution is 2.44. The van der Waals surface area contributed by atoms with Crippen LogP contribution in [0.25, 0.3) is 0 Å². The second-order valence-corrected chi connectivity index (χ2v) is 5.49. The zero-order valence-corrected chi connectivity index (χ0v) is 11.0. The summed E-state index contributed by atoms with van der Waals surface area (Å²) < 4.78 is 0. The van der Waals surface area contributed by atoms with Gasteiger partial charge in [-0.05, 0) is 37.8 Å². The quantitative estimate of drug-likeness (QED) is 0.438. The van der Waals surface area contributed by atoms with E-state index in [0.29, 0.717) is 24.2 Å². The molecule has 2 heterocycles. The van der Waals surface area contributed by atoms with E-state index >= 15 is 0 Å². The second kappa shape index (κ2) is 4.92. The molecule has 7 nitrogen and oxygen atoms in total. The highest BCUT2D eigenvalue weighted by molar-refractivity contribution is 5.77. The van der Waals surface area contributed by atoms with Crippen molar-refractivity contribution in [3.05, 3.63) is 28.3 Å². The number of nitro groups is 1. The van der Waals surface area contributed by atoms with Crippen LogP contribution in [0.4, 0.5) is 17.1 Å². The van der Waals surface area contributed by atoms with Gasteiger partial charge in [0.2, 0.25) is 0 Å². The number of anilines is 2. The van der Waals surface area contributed by atoms with E-state index in [1.165, 1.54) is 0 Å². The third kappa shape index (κ3) is 1.99. The van der Waals surface area contributed by atoms with Crippen molar-refractivity contribution < 1.29 is 10.0 Å². The number of piperidine rings is 1. The van der Waals surface area contributed by atoms with Gasteiger partial charge in [-0.3, -0.25) is 16.0 Å².